The maximum Gasteiger partial charge on any atom is 0.332 e. The van der Waals surface area contributed by atoms with E-state index in [1.807, 2.05) is 0 Å². The highest BCUT2D eigenvalue weighted by Crippen LogP contribution is 2.10. The number of fused-ring (bicyclic) bond motifs is 1. The summed E-state index contributed by atoms with van der Waals surface area (Å²) in [5.41, 5.74) is -0.414. The fourth-order valence-corrected chi connectivity index (χ4v) is 1.54. The molecule has 2 aromatic rings. The smallest absolute Gasteiger partial charge is 0.332 e. The van der Waals surface area contributed by atoms with Crippen LogP contribution in [0.15, 0.2) is 9.59 Å². The van der Waals surface area contributed by atoms with Crippen LogP contribution in [0, 0.1) is 0 Å². The van der Waals surface area contributed by atoms with Gasteiger partial charge >= 0.3 is 5.69 Å². The van der Waals surface area contributed by atoms with Crippen LogP contribution in [0.2, 0.25) is 0 Å². The van der Waals surface area contributed by atoms with Crippen molar-refractivity contribution in [3.63, 3.8) is 0 Å². The summed E-state index contributed by atoms with van der Waals surface area (Å²) < 4.78 is 2.26. The lowest BCUT2D eigenvalue weighted by molar-refractivity contribution is 0.190. The molecule has 0 saturated carbocycles. The van der Waals surface area contributed by atoms with Gasteiger partial charge in [-0.3, -0.25) is 13.9 Å². The van der Waals surface area contributed by atoms with Gasteiger partial charge in [-0.2, -0.15) is 0 Å². The number of hydrogen-bond donors (Lipinski definition) is 2. The van der Waals surface area contributed by atoms with Gasteiger partial charge in [0, 0.05) is 14.1 Å². The lowest BCUT2D eigenvalue weighted by Crippen LogP contribution is -2.36. The van der Waals surface area contributed by atoms with Crippen molar-refractivity contribution in [2.24, 2.45) is 14.1 Å². The minimum atomic E-state index is -0.813. The molecule has 0 aromatic carbocycles. The quantitative estimate of drug-likeness (QED) is 0.650. The van der Waals surface area contributed by atoms with Gasteiger partial charge in [-0.25, -0.2) is 9.78 Å². The summed E-state index contributed by atoms with van der Waals surface area (Å²) in [5.74, 6) is 0.272. The zero-order valence-corrected chi connectivity index (χ0v) is 9.18. The number of aryl methyl sites for hydroxylation is 1. The largest absolute Gasteiger partial charge is 0.385 e. The standard InChI is InChI=1S/C9H12N4O3/c1-4(14)6-10-5-7(11-6)12(2)9(16)13(3)8(5)15/h4,14H,1-3H3,(H,10,11). The molecule has 7 nitrogen and oxygen atoms in total. The van der Waals surface area contributed by atoms with Crippen molar-refractivity contribution < 1.29 is 5.11 Å². The van der Waals surface area contributed by atoms with Crippen LogP contribution >= 0.6 is 0 Å². The Kier molecular flexibility index (Phi) is 2.20. The number of hydrogen-bond acceptors (Lipinski definition) is 4. The fourth-order valence-electron chi connectivity index (χ4n) is 1.54. The van der Waals surface area contributed by atoms with Crippen molar-refractivity contribution in [3.8, 4) is 0 Å². The summed E-state index contributed by atoms with van der Waals surface area (Å²) in [6.07, 6.45) is -0.813. The normalized spacial score (nSPS) is 13.2. The van der Waals surface area contributed by atoms with E-state index in [9.17, 15) is 14.7 Å². The van der Waals surface area contributed by atoms with Gasteiger partial charge < -0.3 is 10.1 Å². The Hall–Kier alpha value is -1.89. The maximum absolute atomic E-state index is 11.7. The minimum Gasteiger partial charge on any atom is -0.385 e. The molecule has 0 aliphatic heterocycles. The lowest BCUT2D eigenvalue weighted by atomic mass is 10.4. The van der Waals surface area contributed by atoms with E-state index in [1.54, 1.807) is 0 Å². The van der Waals surface area contributed by atoms with Gasteiger partial charge in [-0.1, -0.05) is 0 Å². The Morgan fingerprint density at radius 3 is 2.50 bits per heavy atom. The molecule has 2 aromatic heterocycles. The fraction of sp³-hybridized carbons (Fsp3) is 0.444. The molecule has 2 rings (SSSR count). The van der Waals surface area contributed by atoms with Gasteiger partial charge in [0.2, 0.25) is 0 Å². The second-order valence-electron chi connectivity index (χ2n) is 3.70. The van der Waals surface area contributed by atoms with Crippen LogP contribution in [0.3, 0.4) is 0 Å². The highest BCUT2D eigenvalue weighted by atomic mass is 16.3. The van der Waals surface area contributed by atoms with Crippen LogP contribution < -0.4 is 11.2 Å². The number of aromatic nitrogens is 4. The van der Waals surface area contributed by atoms with Crippen LogP contribution in [0.25, 0.3) is 11.2 Å². The molecule has 2 heterocycles. The Bertz CT molecular complexity index is 662. The molecule has 0 radical (unpaired) electrons. The molecule has 0 fully saturated rings. The zero-order chi connectivity index (χ0) is 12.0. The zero-order valence-electron chi connectivity index (χ0n) is 9.18. The van der Waals surface area contributed by atoms with E-state index in [1.165, 1.54) is 25.6 Å². The first kappa shape index (κ1) is 10.6. The molecule has 2 N–H and O–H groups in total. The van der Waals surface area contributed by atoms with E-state index < -0.39 is 17.4 Å². The lowest BCUT2D eigenvalue weighted by Gasteiger charge is -2.00. The first-order valence-corrected chi connectivity index (χ1v) is 4.77. The predicted octanol–water partition coefficient (Wildman–Crippen LogP) is -0.986. The van der Waals surface area contributed by atoms with Crippen LogP contribution in [0.1, 0.15) is 18.9 Å². The number of nitrogens with one attached hydrogen (secondary N) is 1. The van der Waals surface area contributed by atoms with E-state index in [2.05, 4.69) is 9.97 Å². The first-order valence-electron chi connectivity index (χ1n) is 4.77. The molecule has 1 unspecified atom stereocenters. The molecule has 0 spiro atoms. The molecule has 0 saturated heterocycles. The van der Waals surface area contributed by atoms with Gasteiger partial charge in [-0.15, -0.1) is 0 Å². The molecule has 7 heteroatoms. The number of nitrogens with zero attached hydrogens (tertiary/aromatic N) is 3. The third kappa shape index (κ3) is 1.28. The molecule has 86 valence electrons. The second kappa shape index (κ2) is 3.31. The highest BCUT2D eigenvalue weighted by molar-refractivity contribution is 5.69. The Morgan fingerprint density at radius 2 is 1.94 bits per heavy atom. The molecular weight excluding hydrogens is 212 g/mol. The summed E-state index contributed by atoms with van der Waals surface area (Å²) in [4.78, 5) is 30.1. The van der Waals surface area contributed by atoms with Gasteiger partial charge in [0.25, 0.3) is 5.56 Å². The predicted molar refractivity (Wildman–Crippen MR) is 57.2 cm³/mol. The number of aromatic amines is 1. The van der Waals surface area contributed by atoms with Crippen LogP contribution in [-0.2, 0) is 14.1 Å². The van der Waals surface area contributed by atoms with Crippen molar-refractivity contribution in [2.45, 2.75) is 13.0 Å². The van der Waals surface area contributed by atoms with Crippen LogP contribution in [-0.4, -0.2) is 24.2 Å². The van der Waals surface area contributed by atoms with Crippen molar-refractivity contribution in [1.82, 2.24) is 19.1 Å². The summed E-state index contributed by atoms with van der Waals surface area (Å²) in [6.45, 7) is 1.53. The average molecular weight is 224 g/mol. The monoisotopic (exact) mass is 224 g/mol. The Labute approximate surface area is 90.0 Å². The summed E-state index contributed by atoms with van der Waals surface area (Å²) in [5, 5.41) is 9.36. The minimum absolute atomic E-state index is 0.223. The Morgan fingerprint density at radius 1 is 1.31 bits per heavy atom. The molecular formula is C9H12N4O3. The van der Waals surface area contributed by atoms with E-state index in [0.29, 0.717) is 0 Å². The molecule has 0 aliphatic carbocycles. The van der Waals surface area contributed by atoms with Gasteiger partial charge in [0.15, 0.2) is 5.65 Å². The third-order valence-electron chi connectivity index (χ3n) is 2.51. The van der Waals surface area contributed by atoms with Crippen LogP contribution in [0.5, 0.6) is 0 Å². The summed E-state index contributed by atoms with van der Waals surface area (Å²) >= 11 is 0. The van der Waals surface area contributed by atoms with E-state index in [0.717, 1.165) is 4.57 Å². The third-order valence-corrected chi connectivity index (χ3v) is 2.51. The average Bonchev–Trinajstić information content (AvgIpc) is 2.68. The number of aliphatic hydroxyl groups is 1. The van der Waals surface area contributed by atoms with Gasteiger partial charge in [0.1, 0.15) is 17.4 Å². The van der Waals surface area contributed by atoms with Gasteiger partial charge in [-0.05, 0) is 6.92 Å². The van der Waals surface area contributed by atoms with Crippen molar-refractivity contribution in [2.75, 3.05) is 0 Å². The van der Waals surface area contributed by atoms with Gasteiger partial charge in [0.05, 0.1) is 0 Å². The maximum atomic E-state index is 11.7. The van der Waals surface area contributed by atoms with E-state index >= 15 is 0 Å². The molecule has 16 heavy (non-hydrogen) atoms. The van der Waals surface area contributed by atoms with Crippen molar-refractivity contribution in [3.05, 3.63) is 26.7 Å². The number of imidazole rings is 1. The number of H-pyrrole nitrogens is 1. The van der Waals surface area contributed by atoms with Crippen LogP contribution in [0.4, 0.5) is 0 Å². The van der Waals surface area contributed by atoms with Crippen molar-refractivity contribution in [1.29, 1.82) is 0 Å². The number of aliphatic hydroxyl groups excluding tert-OH is 1. The second-order valence-corrected chi connectivity index (χ2v) is 3.70. The van der Waals surface area contributed by atoms with E-state index in [4.69, 9.17) is 0 Å². The molecule has 1 atom stereocenters. The summed E-state index contributed by atoms with van der Waals surface area (Å²) in [6, 6.07) is 0. The van der Waals surface area contributed by atoms with Crippen molar-refractivity contribution >= 4 is 11.2 Å². The number of rotatable bonds is 1. The molecule has 0 aliphatic rings. The van der Waals surface area contributed by atoms with E-state index in [-0.39, 0.29) is 17.0 Å². The molecule has 0 bridgehead atoms. The SMILES string of the molecule is CC(O)c1nc2c([nH]1)c(=O)n(C)c(=O)n2C. The topological polar surface area (TPSA) is 92.9 Å². The summed E-state index contributed by atoms with van der Waals surface area (Å²) in [7, 11) is 2.92. The first-order chi connectivity index (χ1) is 7.43. The molecule has 0 amide bonds. The Balaban J connectivity index is 2.98. The highest BCUT2D eigenvalue weighted by Gasteiger charge is 2.15.